The van der Waals surface area contributed by atoms with E-state index in [2.05, 4.69) is 4.98 Å². The van der Waals surface area contributed by atoms with Gasteiger partial charge in [0.25, 0.3) is 5.91 Å². The first-order chi connectivity index (χ1) is 9.00. The second-order valence-corrected chi connectivity index (χ2v) is 5.10. The molecule has 1 aliphatic rings. The fourth-order valence-electron chi connectivity index (χ4n) is 2.29. The minimum absolute atomic E-state index is 0.0908. The third-order valence-electron chi connectivity index (χ3n) is 3.45. The Labute approximate surface area is 112 Å². The molecule has 1 aromatic rings. The summed E-state index contributed by atoms with van der Waals surface area (Å²) in [6.45, 7) is 3.94. The number of pyridine rings is 1. The molecule has 1 N–H and O–H groups in total. The zero-order valence-electron chi connectivity index (χ0n) is 11.2. The van der Waals surface area contributed by atoms with Crippen LogP contribution < -0.4 is 0 Å². The van der Waals surface area contributed by atoms with Crippen molar-refractivity contribution in [2.45, 2.75) is 45.2 Å². The molecule has 1 saturated carbocycles. The highest BCUT2D eigenvalue weighted by Crippen LogP contribution is 2.27. The molecule has 5 heteroatoms. The molecule has 0 unspecified atom stereocenters. The van der Waals surface area contributed by atoms with E-state index >= 15 is 0 Å². The summed E-state index contributed by atoms with van der Waals surface area (Å²) in [5, 5.41) is 8.92. The molecular weight excluding hydrogens is 244 g/mol. The number of carbonyl (C=O) groups excluding carboxylic acids is 1. The molecule has 1 aliphatic carbocycles. The number of carboxylic acid groups (broad SMARTS) is 1. The van der Waals surface area contributed by atoms with E-state index < -0.39 is 5.97 Å². The third-order valence-corrected chi connectivity index (χ3v) is 3.45. The highest BCUT2D eigenvalue weighted by Gasteiger charge is 2.31. The maximum Gasteiger partial charge on any atom is 0.354 e. The second-order valence-electron chi connectivity index (χ2n) is 5.10. The van der Waals surface area contributed by atoms with Crippen molar-refractivity contribution in [1.82, 2.24) is 9.88 Å². The summed E-state index contributed by atoms with van der Waals surface area (Å²) < 4.78 is 0. The van der Waals surface area contributed by atoms with Gasteiger partial charge < -0.3 is 10.0 Å². The Morgan fingerprint density at radius 1 is 1.32 bits per heavy atom. The first-order valence-corrected chi connectivity index (χ1v) is 6.53. The molecule has 0 saturated heterocycles. The van der Waals surface area contributed by atoms with Crippen molar-refractivity contribution in [1.29, 1.82) is 0 Å². The van der Waals surface area contributed by atoms with Crippen molar-refractivity contribution in [3.8, 4) is 0 Å². The maximum absolute atomic E-state index is 12.5. The Balaban J connectivity index is 2.26. The van der Waals surface area contributed by atoms with Gasteiger partial charge in [0, 0.05) is 12.1 Å². The number of carbonyl (C=O) groups is 2. The van der Waals surface area contributed by atoms with Crippen LogP contribution in [0.25, 0.3) is 0 Å². The molecule has 0 bridgehead atoms. The van der Waals surface area contributed by atoms with Crippen molar-refractivity contribution in [3.63, 3.8) is 0 Å². The first kappa shape index (κ1) is 13.5. The van der Waals surface area contributed by atoms with Crippen LogP contribution in [0.2, 0.25) is 0 Å². The molecular formula is C14H18N2O3. The maximum atomic E-state index is 12.5. The Morgan fingerprint density at radius 3 is 2.42 bits per heavy atom. The largest absolute Gasteiger partial charge is 0.477 e. The highest BCUT2D eigenvalue weighted by atomic mass is 16.4. The van der Waals surface area contributed by atoms with E-state index in [1.165, 1.54) is 6.07 Å². The second kappa shape index (κ2) is 5.38. The van der Waals surface area contributed by atoms with E-state index in [1.807, 2.05) is 18.7 Å². The topological polar surface area (TPSA) is 70.5 Å². The zero-order chi connectivity index (χ0) is 14.0. The van der Waals surface area contributed by atoms with E-state index in [1.54, 1.807) is 12.1 Å². The first-order valence-electron chi connectivity index (χ1n) is 6.53. The van der Waals surface area contributed by atoms with Gasteiger partial charge in [-0.1, -0.05) is 6.07 Å². The smallest absolute Gasteiger partial charge is 0.354 e. The number of nitrogens with zero attached hydrogens (tertiary/aromatic N) is 2. The quantitative estimate of drug-likeness (QED) is 0.902. The zero-order valence-corrected chi connectivity index (χ0v) is 11.2. The average Bonchev–Trinajstić information content (AvgIpc) is 2.32. The van der Waals surface area contributed by atoms with Gasteiger partial charge in [0.15, 0.2) is 0 Å². The van der Waals surface area contributed by atoms with Crippen LogP contribution in [0, 0.1) is 0 Å². The number of aromatic nitrogens is 1. The van der Waals surface area contributed by atoms with Crippen LogP contribution in [-0.2, 0) is 0 Å². The minimum Gasteiger partial charge on any atom is -0.477 e. The molecule has 1 heterocycles. The van der Waals surface area contributed by atoms with Crippen molar-refractivity contribution in [2.24, 2.45) is 0 Å². The standard InChI is InChI=1S/C14H18N2O3/c1-9(2)16(10-5-3-6-10)13(17)11-7-4-8-12(15-11)14(18)19/h4,7-10H,3,5-6H2,1-2H3,(H,18,19). The predicted molar refractivity (Wildman–Crippen MR) is 70.1 cm³/mol. The van der Waals surface area contributed by atoms with Crippen LogP contribution in [0.5, 0.6) is 0 Å². The van der Waals surface area contributed by atoms with Crippen LogP contribution >= 0.6 is 0 Å². The fourth-order valence-corrected chi connectivity index (χ4v) is 2.29. The van der Waals surface area contributed by atoms with E-state index in [4.69, 9.17) is 5.11 Å². The van der Waals surface area contributed by atoms with Crippen molar-refractivity contribution in [2.75, 3.05) is 0 Å². The van der Waals surface area contributed by atoms with Gasteiger partial charge >= 0.3 is 5.97 Å². The lowest BCUT2D eigenvalue weighted by Crippen LogP contribution is -2.48. The molecule has 1 aromatic heterocycles. The Hall–Kier alpha value is -1.91. The average molecular weight is 262 g/mol. The van der Waals surface area contributed by atoms with Crippen molar-refractivity contribution < 1.29 is 14.7 Å². The summed E-state index contributed by atoms with van der Waals surface area (Å²) in [6.07, 6.45) is 3.18. The molecule has 0 spiro atoms. The van der Waals surface area contributed by atoms with Gasteiger partial charge in [-0.25, -0.2) is 9.78 Å². The lowest BCUT2D eigenvalue weighted by Gasteiger charge is -2.40. The number of hydrogen-bond donors (Lipinski definition) is 1. The van der Waals surface area contributed by atoms with Crippen LogP contribution in [0.4, 0.5) is 0 Å². The molecule has 102 valence electrons. The molecule has 2 rings (SSSR count). The van der Waals surface area contributed by atoms with Crippen LogP contribution in [0.15, 0.2) is 18.2 Å². The van der Waals surface area contributed by atoms with Gasteiger partial charge in [-0.15, -0.1) is 0 Å². The number of aromatic carboxylic acids is 1. The van der Waals surface area contributed by atoms with Crippen LogP contribution in [0.3, 0.4) is 0 Å². The van der Waals surface area contributed by atoms with Gasteiger partial charge in [0.05, 0.1) is 0 Å². The molecule has 1 amide bonds. The van der Waals surface area contributed by atoms with E-state index in [9.17, 15) is 9.59 Å². The number of rotatable bonds is 4. The van der Waals surface area contributed by atoms with Gasteiger partial charge in [-0.2, -0.15) is 0 Å². The van der Waals surface area contributed by atoms with Gasteiger partial charge in [0.1, 0.15) is 11.4 Å². The molecule has 0 aromatic carbocycles. The lowest BCUT2D eigenvalue weighted by molar-refractivity contribution is 0.0483. The van der Waals surface area contributed by atoms with Gasteiger partial charge in [-0.3, -0.25) is 4.79 Å². The molecule has 1 fully saturated rings. The molecule has 0 aliphatic heterocycles. The Morgan fingerprint density at radius 2 is 1.95 bits per heavy atom. The monoisotopic (exact) mass is 262 g/mol. The third kappa shape index (κ3) is 2.75. The SMILES string of the molecule is CC(C)N(C(=O)c1cccc(C(=O)O)n1)C1CCC1. The highest BCUT2D eigenvalue weighted by molar-refractivity contribution is 5.94. The van der Waals surface area contributed by atoms with E-state index in [0.717, 1.165) is 19.3 Å². The Bertz CT molecular complexity index is 495. The van der Waals surface area contributed by atoms with Crippen LogP contribution in [0.1, 0.15) is 54.1 Å². The van der Waals surface area contributed by atoms with E-state index in [0.29, 0.717) is 0 Å². The van der Waals surface area contributed by atoms with E-state index in [-0.39, 0.29) is 29.4 Å². The normalized spacial score (nSPS) is 15.1. The minimum atomic E-state index is -1.12. The summed E-state index contributed by atoms with van der Waals surface area (Å²) >= 11 is 0. The van der Waals surface area contributed by atoms with Crippen LogP contribution in [-0.4, -0.2) is 39.0 Å². The summed E-state index contributed by atoms with van der Waals surface area (Å²) in [4.78, 5) is 29.1. The van der Waals surface area contributed by atoms with Crippen molar-refractivity contribution >= 4 is 11.9 Å². The predicted octanol–water partition coefficient (Wildman–Crippen LogP) is 2.18. The van der Waals surface area contributed by atoms with Crippen molar-refractivity contribution in [3.05, 3.63) is 29.6 Å². The summed E-state index contributed by atoms with van der Waals surface area (Å²) in [7, 11) is 0. The summed E-state index contributed by atoms with van der Waals surface area (Å²) in [6, 6.07) is 4.88. The van der Waals surface area contributed by atoms with Gasteiger partial charge in [0.2, 0.25) is 0 Å². The number of hydrogen-bond acceptors (Lipinski definition) is 3. The summed E-state index contributed by atoms with van der Waals surface area (Å²) in [5.41, 5.74) is 0.115. The molecule has 0 atom stereocenters. The summed E-state index contributed by atoms with van der Waals surface area (Å²) in [5.74, 6) is -1.29. The lowest BCUT2D eigenvalue weighted by atomic mass is 9.90. The molecule has 0 radical (unpaired) electrons. The fraction of sp³-hybridized carbons (Fsp3) is 0.500. The molecule has 5 nitrogen and oxygen atoms in total. The van der Waals surface area contributed by atoms with Gasteiger partial charge in [-0.05, 0) is 45.2 Å². The number of carboxylic acids is 1. The Kier molecular flexibility index (Phi) is 3.83. The molecule has 19 heavy (non-hydrogen) atoms. The number of amides is 1.